The van der Waals surface area contributed by atoms with Crippen LogP contribution in [-0.2, 0) is 6.42 Å². The lowest BCUT2D eigenvalue weighted by molar-refractivity contribution is 0.0939. The highest BCUT2D eigenvalue weighted by Crippen LogP contribution is 2.28. The molecule has 0 bridgehead atoms. The Hall–Kier alpha value is -2.62. The molecule has 2 aromatic carbocycles. The molecule has 1 aliphatic rings. The van der Waals surface area contributed by atoms with Crippen molar-refractivity contribution in [3.8, 4) is 0 Å². The Labute approximate surface area is 142 Å². The average molecular weight is 322 g/mol. The van der Waals surface area contributed by atoms with Gasteiger partial charge in [-0.25, -0.2) is 0 Å². The maximum atomic E-state index is 12.9. The molecule has 4 heteroatoms. The Kier molecular flexibility index (Phi) is 4.65. The Morgan fingerprint density at radius 2 is 1.88 bits per heavy atom. The molecule has 2 amide bonds. The molecule has 124 valence electrons. The van der Waals surface area contributed by atoms with Gasteiger partial charge in [-0.05, 0) is 49.6 Å². The van der Waals surface area contributed by atoms with E-state index in [9.17, 15) is 9.59 Å². The van der Waals surface area contributed by atoms with Crippen molar-refractivity contribution < 1.29 is 9.59 Å². The molecule has 0 saturated carbocycles. The quantitative estimate of drug-likeness (QED) is 0.937. The fourth-order valence-electron chi connectivity index (χ4n) is 2.91. The van der Waals surface area contributed by atoms with E-state index in [4.69, 9.17) is 0 Å². The van der Waals surface area contributed by atoms with Crippen molar-refractivity contribution in [1.29, 1.82) is 0 Å². The van der Waals surface area contributed by atoms with E-state index < -0.39 is 0 Å². The van der Waals surface area contributed by atoms with Gasteiger partial charge in [-0.1, -0.05) is 31.2 Å². The zero-order chi connectivity index (χ0) is 17.1. The second kappa shape index (κ2) is 6.87. The Balaban J connectivity index is 1.82. The smallest absolute Gasteiger partial charge is 0.258 e. The molecule has 0 fully saturated rings. The van der Waals surface area contributed by atoms with Gasteiger partial charge in [0.1, 0.15) is 0 Å². The molecule has 24 heavy (non-hydrogen) atoms. The number of para-hydroxylation sites is 1. The lowest BCUT2D eigenvalue weighted by Crippen LogP contribution is -2.32. The van der Waals surface area contributed by atoms with Gasteiger partial charge >= 0.3 is 0 Å². The SMILES string of the molecule is CCC(C)NC(=O)c1cccc(C(=O)N2CCc3ccccc32)c1. The number of benzene rings is 2. The summed E-state index contributed by atoms with van der Waals surface area (Å²) >= 11 is 0. The lowest BCUT2D eigenvalue weighted by atomic mass is 10.1. The number of hydrogen-bond acceptors (Lipinski definition) is 2. The van der Waals surface area contributed by atoms with Gasteiger partial charge in [0.05, 0.1) is 0 Å². The third kappa shape index (κ3) is 3.18. The second-order valence-corrected chi connectivity index (χ2v) is 6.20. The summed E-state index contributed by atoms with van der Waals surface area (Å²) in [4.78, 5) is 26.9. The highest BCUT2D eigenvalue weighted by molar-refractivity contribution is 6.08. The molecule has 3 rings (SSSR count). The predicted molar refractivity (Wildman–Crippen MR) is 95.5 cm³/mol. The molecule has 0 spiro atoms. The number of carbonyl (C=O) groups excluding carboxylic acids is 2. The lowest BCUT2D eigenvalue weighted by Gasteiger charge is -2.18. The van der Waals surface area contributed by atoms with Gasteiger partial charge in [0.2, 0.25) is 0 Å². The van der Waals surface area contributed by atoms with Gasteiger partial charge in [-0.15, -0.1) is 0 Å². The maximum absolute atomic E-state index is 12.9. The number of hydrogen-bond donors (Lipinski definition) is 1. The number of fused-ring (bicyclic) bond motifs is 1. The second-order valence-electron chi connectivity index (χ2n) is 6.20. The van der Waals surface area contributed by atoms with E-state index in [0.717, 1.165) is 18.5 Å². The fourth-order valence-corrected chi connectivity index (χ4v) is 2.91. The molecule has 0 aromatic heterocycles. The van der Waals surface area contributed by atoms with Crippen molar-refractivity contribution in [3.63, 3.8) is 0 Å². The van der Waals surface area contributed by atoms with Crippen molar-refractivity contribution in [3.05, 3.63) is 65.2 Å². The van der Waals surface area contributed by atoms with E-state index in [0.29, 0.717) is 17.7 Å². The first-order chi connectivity index (χ1) is 11.6. The molecule has 1 unspecified atom stereocenters. The van der Waals surface area contributed by atoms with Crippen LogP contribution in [-0.4, -0.2) is 24.4 Å². The van der Waals surface area contributed by atoms with E-state index in [1.165, 1.54) is 5.56 Å². The number of amides is 2. The van der Waals surface area contributed by atoms with E-state index in [2.05, 4.69) is 11.4 Å². The van der Waals surface area contributed by atoms with Gasteiger partial charge in [0, 0.05) is 29.4 Å². The number of anilines is 1. The molecule has 0 saturated heterocycles. The summed E-state index contributed by atoms with van der Waals surface area (Å²) in [6.07, 6.45) is 1.74. The first-order valence-corrected chi connectivity index (χ1v) is 8.41. The van der Waals surface area contributed by atoms with Crippen LogP contribution in [0.3, 0.4) is 0 Å². The number of carbonyl (C=O) groups is 2. The molecular weight excluding hydrogens is 300 g/mol. The van der Waals surface area contributed by atoms with E-state index in [-0.39, 0.29) is 17.9 Å². The van der Waals surface area contributed by atoms with Crippen molar-refractivity contribution >= 4 is 17.5 Å². The molecule has 4 nitrogen and oxygen atoms in total. The minimum absolute atomic E-state index is 0.0573. The summed E-state index contributed by atoms with van der Waals surface area (Å²) in [7, 11) is 0. The number of nitrogens with zero attached hydrogens (tertiary/aromatic N) is 1. The Morgan fingerprint density at radius 1 is 1.12 bits per heavy atom. The first kappa shape index (κ1) is 16.2. The summed E-state index contributed by atoms with van der Waals surface area (Å²) in [5.41, 5.74) is 3.23. The van der Waals surface area contributed by atoms with Gasteiger partial charge in [-0.2, -0.15) is 0 Å². The van der Waals surface area contributed by atoms with E-state index in [1.54, 1.807) is 29.2 Å². The van der Waals surface area contributed by atoms with Crippen LogP contribution in [0.25, 0.3) is 0 Å². The predicted octanol–water partition coefficient (Wildman–Crippen LogP) is 3.42. The third-order valence-corrected chi connectivity index (χ3v) is 4.49. The van der Waals surface area contributed by atoms with E-state index in [1.807, 2.05) is 32.0 Å². The van der Waals surface area contributed by atoms with Gasteiger partial charge in [0.15, 0.2) is 0 Å². The van der Waals surface area contributed by atoms with E-state index >= 15 is 0 Å². The Morgan fingerprint density at radius 3 is 2.67 bits per heavy atom. The normalized spacial score (nSPS) is 14.2. The van der Waals surface area contributed by atoms with Gasteiger partial charge < -0.3 is 10.2 Å². The minimum Gasteiger partial charge on any atom is -0.350 e. The topological polar surface area (TPSA) is 49.4 Å². The van der Waals surface area contributed by atoms with Crippen molar-refractivity contribution in [2.45, 2.75) is 32.7 Å². The zero-order valence-corrected chi connectivity index (χ0v) is 14.1. The zero-order valence-electron chi connectivity index (χ0n) is 14.1. The first-order valence-electron chi connectivity index (χ1n) is 8.41. The maximum Gasteiger partial charge on any atom is 0.258 e. The molecule has 2 aromatic rings. The summed E-state index contributed by atoms with van der Waals surface area (Å²) < 4.78 is 0. The summed E-state index contributed by atoms with van der Waals surface area (Å²) in [6.45, 7) is 4.67. The molecule has 0 aliphatic carbocycles. The molecule has 1 atom stereocenters. The van der Waals surface area contributed by atoms with Crippen LogP contribution < -0.4 is 10.2 Å². The van der Waals surface area contributed by atoms with Gasteiger partial charge in [-0.3, -0.25) is 9.59 Å². The molecule has 1 heterocycles. The monoisotopic (exact) mass is 322 g/mol. The molecular formula is C20H22N2O2. The third-order valence-electron chi connectivity index (χ3n) is 4.49. The average Bonchev–Trinajstić information content (AvgIpc) is 3.05. The molecule has 1 N–H and O–H groups in total. The van der Waals surface area contributed by atoms with Gasteiger partial charge in [0.25, 0.3) is 11.8 Å². The highest BCUT2D eigenvalue weighted by atomic mass is 16.2. The van der Waals surface area contributed by atoms with Crippen LogP contribution in [0.5, 0.6) is 0 Å². The van der Waals surface area contributed by atoms with Crippen LogP contribution in [0.4, 0.5) is 5.69 Å². The van der Waals surface area contributed by atoms with Crippen molar-refractivity contribution in [2.24, 2.45) is 0 Å². The van der Waals surface area contributed by atoms with Crippen molar-refractivity contribution in [2.75, 3.05) is 11.4 Å². The van der Waals surface area contributed by atoms with Crippen LogP contribution in [0.15, 0.2) is 48.5 Å². The van der Waals surface area contributed by atoms with Crippen molar-refractivity contribution in [1.82, 2.24) is 5.32 Å². The molecule has 0 radical (unpaired) electrons. The van der Waals surface area contributed by atoms with Crippen LogP contribution in [0, 0.1) is 0 Å². The largest absolute Gasteiger partial charge is 0.350 e. The minimum atomic E-state index is -0.138. The number of nitrogens with one attached hydrogen (secondary N) is 1. The molecule has 1 aliphatic heterocycles. The number of rotatable bonds is 4. The van der Waals surface area contributed by atoms with Crippen LogP contribution >= 0.6 is 0 Å². The summed E-state index contributed by atoms with van der Waals surface area (Å²) in [5, 5.41) is 2.93. The fraction of sp³-hybridized carbons (Fsp3) is 0.300. The Bertz CT molecular complexity index is 770. The van der Waals surface area contributed by atoms with Crippen LogP contribution in [0.2, 0.25) is 0 Å². The summed E-state index contributed by atoms with van der Waals surface area (Å²) in [6, 6.07) is 15.0. The highest BCUT2D eigenvalue weighted by Gasteiger charge is 2.25. The summed E-state index contributed by atoms with van der Waals surface area (Å²) in [5.74, 6) is -0.195. The van der Waals surface area contributed by atoms with Crippen LogP contribution in [0.1, 0.15) is 46.5 Å². The standard InChI is InChI=1S/C20H22N2O2/c1-3-14(2)21-19(23)16-8-6-9-17(13-16)20(24)22-12-11-15-7-4-5-10-18(15)22/h4-10,13-14H,3,11-12H2,1-2H3,(H,21,23).